The standard InChI is InChI=1S/C22H25FN2O/c23-17-7-5-16(6-8-17)20-15-21(20)22(26)24-18-9-11-19(12-10-18)25-13-3-1-2-4-14-25/h5-12,20-21H,1-4,13-15H2,(H,24,26)/t20-,21-/m1/s1. The van der Waals surface area contributed by atoms with Gasteiger partial charge < -0.3 is 10.2 Å². The zero-order valence-corrected chi connectivity index (χ0v) is 15.0. The molecule has 0 bridgehead atoms. The van der Waals surface area contributed by atoms with Gasteiger partial charge in [0.05, 0.1) is 0 Å². The number of carbonyl (C=O) groups is 1. The number of anilines is 2. The summed E-state index contributed by atoms with van der Waals surface area (Å²) in [6.07, 6.45) is 5.99. The Morgan fingerprint density at radius 2 is 1.58 bits per heavy atom. The van der Waals surface area contributed by atoms with Gasteiger partial charge in [0, 0.05) is 30.4 Å². The molecule has 1 heterocycles. The van der Waals surface area contributed by atoms with Crippen LogP contribution in [0.5, 0.6) is 0 Å². The van der Waals surface area contributed by atoms with E-state index in [0.717, 1.165) is 30.8 Å². The van der Waals surface area contributed by atoms with Crippen LogP contribution in [0.15, 0.2) is 48.5 Å². The van der Waals surface area contributed by atoms with E-state index in [4.69, 9.17) is 0 Å². The Hall–Kier alpha value is -2.36. The van der Waals surface area contributed by atoms with E-state index < -0.39 is 0 Å². The van der Waals surface area contributed by atoms with Crippen LogP contribution in [0, 0.1) is 11.7 Å². The fraction of sp³-hybridized carbons (Fsp3) is 0.409. The highest BCUT2D eigenvalue weighted by Crippen LogP contribution is 2.48. The number of amides is 1. The number of hydrogen-bond donors (Lipinski definition) is 1. The second-order valence-electron chi connectivity index (χ2n) is 7.44. The predicted octanol–water partition coefficient (Wildman–Crippen LogP) is 4.95. The SMILES string of the molecule is O=C(Nc1ccc(N2CCCCCC2)cc1)[C@@H]1C[C@@H]1c1ccc(F)cc1. The van der Waals surface area contributed by atoms with E-state index >= 15 is 0 Å². The number of carbonyl (C=O) groups excluding carboxylic acids is 1. The Bertz CT molecular complexity index is 749. The van der Waals surface area contributed by atoms with Crippen molar-refractivity contribution in [1.29, 1.82) is 0 Å². The maximum Gasteiger partial charge on any atom is 0.228 e. The van der Waals surface area contributed by atoms with E-state index in [1.165, 1.54) is 43.5 Å². The molecule has 1 aliphatic carbocycles. The van der Waals surface area contributed by atoms with E-state index in [1.54, 1.807) is 12.1 Å². The van der Waals surface area contributed by atoms with Gasteiger partial charge in [-0.3, -0.25) is 4.79 Å². The lowest BCUT2D eigenvalue weighted by atomic mass is 10.1. The number of rotatable bonds is 4. The van der Waals surface area contributed by atoms with Crippen molar-refractivity contribution in [2.75, 3.05) is 23.3 Å². The van der Waals surface area contributed by atoms with Crippen LogP contribution < -0.4 is 10.2 Å². The highest BCUT2D eigenvalue weighted by atomic mass is 19.1. The molecule has 2 aromatic rings. The van der Waals surface area contributed by atoms with Crippen molar-refractivity contribution in [3.63, 3.8) is 0 Å². The minimum Gasteiger partial charge on any atom is -0.372 e. The van der Waals surface area contributed by atoms with Crippen LogP contribution in [0.2, 0.25) is 0 Å². The zero-order chi connectivity index (χ0) is 17.9. The Morgan fingerprint density at radius 3 is 2.23 bits per heavy atom. The van der Waals surface area contributed by atoms with E-state index in [0.29, 0.717) is 0 Å². The average Bonchev–Trinajstić information content (AvgIpc) is 3.47. The highest BCUT2D eigenvalue weighted by Gasteiger charge is 2.43. The number of hydrogen-bond acceptors (Lipinski definition) is 2. The normalized spacial score (nSPS) is 22.6. The number of benzene rings is 2. The van der Waals surface area contributed by atoms with Crippen molar-refractivity contribution in [1.82, 2.24) is 0 Å². The maximum absolute atomic E-state index is 13.0. The minimum absolute atomic E-state index is 0.00857. The van der Waals surface area contributed by atoms with Gasteiger partial charge in [-0.25, -0.2) is 4.39 Å². The molecular weight excluding hydrogens is 327 g/mol. The molecule has 1 aliphatic heterocycles. The first-order valence-corrected chi connectivity index (χ1v) is 9.62. The molecule has 1 N–H and O–H groups in total. The van der Waals surface area contributed by atoms with Crippen molar-refractivity contribution in [2.24, 2.45) is 5.92 Å². The summed E-state index contributed by atoms with van der Waals surface area (Å²) in [6.45, 7) is 2.24. The van der Waals surface area contributed by atoms with Gasteiger partial charge in [-0.1, -0.05) is 25.0 Å². The lowest BCUT2D eigenvalue weighted by Gasteiger charge is -2.22. The van der Waals surface area contributed by atoms with Crippen molar-refractivity contribution in [2.45, 2.75) is 38.0 Å². The van der Waals surface area contributed by atoms with Crippen LogP contribution in [-0.2, 0) is 4.79 Å². The second-order valence-corrected chi connectivity index (χ2v) is 7.44. The largest absolute Gasteiger partial charge is 0.372 e. The van der Waals surface area contributed by atoms with Crippen LogP contribution in [0.3, 0.4) is 0 Å². The Kier molecular flexibility index (Phi) is 4.91. The molecule has 1 amide bonds. The molecule has 2 fully saturated rings. The van der Waals surface area contributed by atoms with Gasteiger partial charge >= 0.3 is 0 Å². The first-order valence-electron chi connectivity index (χ1n) is 9.62. The smallest absolute Gasteiger partial charge is 0.228 e. The van der Waals surface area contributed by atoms with Crippen molar-refractivity contribution < 1.29 is 9.18 Å². The van der Waals surface area contributed by atoms with Crippen LogP contribution in [0.4, 0.5) is 15.8 Å². The highest BCUT2D eigenvalue weighted by molar-refractivity contribution is 5.95. The van der Waals surface area contributed by atoms with Crippen molar-refractivity contribution in [3.05, 3.63) is 59.9 Å². The molecule has 0 radical (unpaired) electrons. The third kappa shape index (κ3) is 3.90. The third-order valence-corrected chi connectivity index (χ3v) is 5.53. The summed E-state index contributed by atoms with van der Waals surface area (Å²) in [5, 5.41) is 3.03. The second kappa shape index (κ2) is 7.48. The molecule has 2 aromatic carbocycles. The topological polar surface area (TPSA) is 32.3 Å². The molecule has 3 nitrogen and oxygen atoms in total. The molecule has 0 unspecified atom stereocenters. The maximum atomic E-state index is 13.0. The Balaban J connectivity index is 1.34. The number of halogens is 1. The summed E-state index contributed by atoms with van der Waals surface area (Å²) >= 11 is 0. The van der Waals surface area contributed by atoms with Crippen LogP contribution in [-0.4, -0.2) is 19.0 Å². The van der Waals surface area contributed by atoms with Gasteiger partial charge in [-0.15, -0.1) is 0 Å². The fourth-order valence-electron chi connectivity index (χ4n) is 3.88. The van der Waals surface area contributed by atoms with Gasteiger partial charge in [0.1, 0.15) is 5.82 Å². The number of nitrogens with one attached hydrogen (secondary N) is 1. The van der Waals surface area contributed by atoms with Crippen LogP contribution in [0.1, 0.15) is 43.6 Å². The summed E-state index contributed by atoms with van der Waals surface area (Å²) in [6, 6.07) is 14.7. The summed E-state index contributed by atoms with van der Waals surface area (Å²) in [5.41, 5.74) is 3.13. The molecule has 2 atom stereocenters. The van der Waals surface area contributed by atoms with Gasteiger partial charge in [-0.2, -0.15) is 0 Å². The Labute approximate surface area is 154 Å². The third-order valence-electron chi connectivity index (χ3n) is 5.53. The van der Waals surface area contributed by atoms with Crippen molar-refractivity contribution in [3.8, 4) is 0 Å². The Morgan fingerprint density at radius 1 is 0.923 bits per heavy atom. The number of nitrogens with zero attached hydrogens (tertiary/aromatic N) is 1. The molecular formula is C22H25FN2O. The monoisotopic (exact) mass is 352 g/mol. The van der Waals surface area contributed by atoms with Gasteiger partial charge in [0.15, 0.2) is 0 Å². The van der Waals surface area contributed by atoms with Gasteiger partial charge in [0.25, 0.3) is 0 Å². The molecule has 1 saturated carbocycles. The molecule has 26 heavy (non-hydrogen) atoms. The first-order chi connectivity index (χ1) is 12.7. The molecule has 0 aromatic heterocycles. The molecule has 2 aliphatic rings. The van der Waals surface area contributed by atoms with Crippen LogP contribution in [0.25, 0.3) is 0 Å². The van der Waals surface area contributed by atoms with E-state index in [9.17, 15) is 9.18 Å². The van der Waals surface area contributed by atoms with E-state index in [2.05, 4.69) is 22.3 Å². The van der Waals surface area contributed by atoms with Gasteiger partial charge in [0.2, 0.25) is 5.91 Å². The summed E-state index contributed by atoms with van der Waals surface area (Å²) < 4.78 is 13.0. The van der Waals surface area contributed by atoms with Gasteiger partial charge in [-0.05, 0) is 67.1 Å². The van der Waals surface area contributed by atoms with Crippen LogP contribution >= 0.6 is 0 Å². The van der Waals surface area contributed by atoms with E-state index in [1.807, 2.05) is 12.1 Å². The summed E-state index contributed by atoms with van der Waals surface area (Å²) in [4.78, 5) is 14.9. The molecule has 4 rings (SSSR count). The molecule has 4 heteroatoms. The van der Waals surface area contributed by atoms with Crippen molar-refractivity contribution >= 4 is 17.3 Å². The summed E-state index contributed by atoms with van der Waals surface area (Å²) in [5.74, 6) is 0.0273. The fourth-order valence-corrected chi connectivity index (χ4v) is 3.88. The minimum atomic E-state index is -0.236. The molecule has 1 saturated heterocycles. The van der Waals surface area contributed by atoms with E-state index in [-0.39, 0.29) is 23.6 Å². The summed E-state index contributed by atoms with van der Waals surface area (Å²) in [7, 11) is 0. The average molecular weight is 352 g/mol. The molecule has 0 spiro atoms. The lowest BCUT2D eigenvalue weighted by molar-refractivity contribution is -0.117. The first kappa shape index (κ1) is 17.1. The molecule has 136 valence electrons. The zero-order valence-electron chi connectivity index (χ0n) is 15.0. The lowest BCUT2D eigenvalue weighted by Crippen LogP contribution is -2.23. The quantitative estimate of drug-likeness (QED) is 0.844. The predicted molar refractivity (Wildman–Crippen MR) is 103 cm³/mol.